The smallest absolute Gasteiger partial charge is 0.329 e. The molecule has 3 aromatic rings. The standard InChI is InChI=1S/C38H47ClN2O5/c1-24(23-45-33-12-16-40-32-9-4-6-25(2)36(32)33)18-27-10-14-38(37(42)43,41-31-8-5-7-30(39)22-31)15-11-28-20-35-34(21-29(28)19-27)44-17-13-26(3)46-35/h5,7-8,12,16,20-22,24-27,41H,4,6,9-11,13-15,17-19,23H2,1-3H3,(H,42,43)/t24-,25-,26-,27+,38+/m1/s1. The van der Waals surface area contributed by atoms with E-state index in [1.165, 1.54) is 23.2 Å². The molecule has 1 aliphatic heterocycles. The summed E-state index contributed by atoms with van der Waals surface area (Å²) in [5.74, 6) is 2.64. The van der Waals surface area contributed by atoms with Gasteiger partial charge in [0.15, 0.2) is 11.5 Å². The van der Waals surface area contributed by atoms with Gasteiger partial charge in [0.1, 0.15) is 11.3 Å². The maximum atomic E-state index is 13.1. The number of hydrogen-bond acceptors (Lipinski definition) is 6. The van der Waals surface area contributed by atoms with E-state index < -0.39 is 11.5 Å². The molecule has 0 bridgehead atoms. The topological polar surface area (TPSA) is 89.9 Å². The number of hydrogen-bond donors (Lipinski definition) is 2. The van der Waals surface area contributed by atoms with Gasteiger partial charge < -0.3 is 24.6 Å². The van der Waals surface area contributed by atoms with Crippen molar-refractivity contribution in [2.45, 2.75) is 103 Å². The van der Waals surface area contributed by atoms with Gasteiger partial charge in [0.05, 0.1) is 19.3 Å². The summed E-state index contributed by atoms with van der Waals surface area (Å²) >= 11 is 6.30. The van der Waals surface area contributed by atoms with Crippen molar-refractivity contribution in [2.75, 3.05) is 18.5 Å². The first-order chi connectivity index (χ1) is 22.2. The summed E-state index contributed by atoms with van der Waals surface area (Å²) in [6.07, 6.45) is 10.2. The molecule has 8 heteroatoms. The summed E-state index contributed by atoms with van der Waals surface area (Å²) in [4.78, 5) is 17.8. The number of nitrogens with one attached hydrogen (secondary N) is 1. The average molecular weight is 647 g/mol. The molecule has 2 N–H and O–H groups in total. The molecule has 0 saturated heterocycles. The van der Waals surface area contributed by atoms with Crippen molar-refractivity contribution in [3.05, 3.63) is 76.1 Å². The van der Waals surface area contributed by atoms with Crippen LogP contribution >= 0.6 is 11.6 Å². The molecule has 0 unspecified atom stereocenters. The first-order valence-electron chi connectivity index (χ1n) is 17.0. The number of carboxylic acids is 1. The number of carboxylic acid groups (broad SMARTS) is 1. The Morgan fingerprint density at radius 1 is 1.11 bits per heavy atom. The number of aliphatic carboxylic acids is 1. The Kier molecular flexibility index (Phi) is 9.98. The zero-order valence-electron chi connectivity index (χ0n) is 27.3. The van der Waals surface area contributed by atoms with Crippen molar-refractivity contribution in [3.8, 4) is 17.2 Å². The number of halogens is 1. The molecule has 2 aromatic carbocycles. The Bertz CT molecular complexity index is 1550. The predicted molar refractivity (Wildman–Crippen MR) is 182 cm³/mol. The molecule has 3 aliphatic rings. The van der Waals surface area contributed by atoms with Crippen molar-refractivity contribution in [1.29, 1.82) is 0 Å². The van der Waals surface area contributed by atoms with Crippen LogP contribution in [-0.4, -0.2) is 40.9 Å². The molecular weight excluding hydrogens is 600 g/mol. The van der Waals surface area contributed by atoms with Gasteiger partial charge in [0.25, 0.3) is 0 Å². The SMILES string of the molecule is C[C@@H](COc1ccnc2c1[C@H](C)CCC2)C[C@@H]1CC[C@@](Nc2cccc(Cl)c2)(C(=O)O)CCc2cc3c(cc2C1)OCC[C@@H](C)O3. The van der Waals surface area contributed by atoms with Gasteiger partial charge in [-0.25, -0.2) is 4.79 Å². The fourth-order valence-corrected chi connectivity index (χ4v) is 7.78. The van der Waals surface area contributed by atoms with Gasteiger partial charge in [-0.05, 0) is 130 Å². The fourth-order valence-electron chi connectivity index (χ4n) is 7.59. The second-order valence-electron chi connectivity index (χ2n) is 13.9. The molecule has 246 valence electrons. The molecular formula is C38H47ClN2O5. The number of anilines is 1. The van der Waals surface area contributed by atoms with Gasteiger partial charge in [0.2, 0.25) is 0 Å². The summed E-state index contributed by atoms with van der Waals surface area (Å²) in [6, 6.07) is 13.6. The Labute approximate surface area is 278 Å². The van der Waals surface area contributed by atoms with Gasteiger partial charge in [-0.1, -0.05) is 31.5 Å². The molecule has 2 heterocycles. The predicted octanol–water partition coefficient (Wildman–Crippen LogP) is 8.65. The molecule has 0 fully saturated rings. The van der Waals surface area contributed by atoms with Crippen LogP contribution < -0.4 is 19.5 Å². The maximum absolute atomic E-state index is 13.1. The first-order valence-corrected chi connectivity index (χ1v) is 17.4. The highest BCUT2D eigenvalue weighted by Gasteiger charge is 2.40. The third-order valence-corrected chi connectivity index (χ3v) is 10.4. The highest BCUT2D eigenvalue weighted by Crippen LogP contribution is 2.41. The third-order valence-electron chi connectivity index (χ3n) is 10.1. The largest absolute Gasteiger partial charge is 0.493 e. The van der Waals surface area contributed by atoms with E-state index in [-0.39, 0.29) is 17.9 Å². The Morgan fingerprint density at radius 2 is 1.96 bits per heavy atom. The number of rotatable bonds is 8. The number of nitrogens with zero attached hydrogens (tertiary/aromatic N) is 1. The minimum Gasteiger partial charge on any atom is -0.493 e. The van der Waals surface area contributed by atoms with Gasteiger partial charge in [-0.3, -0.25) is 4.98 Å². The van der Waals surface area contributed by atoms with Crippen molar-refractivity contribution in [1.82, 2.24) is 4.98 Å². The van der Waals surface area contributed by atoms with Crippen molar-refractivity contribution in [2.24, 2.45) is 11.8 Å². The van der Waals surface area contributed by atoms with Gasteiger partial charge in [-0.15, -0.1) is 0 Å². The zero-order chi connectivity index (χ0) is 32.3. The molecule has 0 spiro atoms. The third kappa shape index (κ3) is 7.41. The molecule has 0 radical (unpaired) electrons. The minimum absolute atomic E-state index is 0.0563. The zero-order valence-corrected chi connectivity index (χ0v) is 28.1. The van der Waals surface area contributed by atoms with E-state index in [1.54, 1.807) is 12.1 Å². The molecule has 1 aromatic heterocycles. The van der Waals surface area contributed by atoms with Crippen molar-refractivity contribution >= 4 is 23.3 Å². The van der Waals surface area contributed by atoms with E-state index in [0.29, 0.717) is 43.4 Å². The monoisotopic (exact) mass is 646 g/mol. The van der Waals surface area contributed by atoms with Crippen LogP contribution in [0.15, 0.2) is 48.7 Å². The van der Waals surface area contributed by atoms with Crippen LogP contribution in [0.5, 0.6) is 17.2 Å². The molecule has 6 rings (SSSR count). The second-order valence-corrected chi connectivity index (χ2v) is 14.3. The van der Waals surface area contributed by atoms with Crippen LogP contribution in [0.4, 0.5) is 5.69 Å². The van der Waals surface area contributed by atoms with Gasteiger partial charge in [0, 0.05) is 34.6 Å². The highest BCUT2D eigenvalue weighted by molar-refractivity contribution is 6.30. The van der Waals surface area contributed by atoms with E-state index in [9.17, 15) is 9.90 Å². The molecule has 46 heavy (non-hydrogen) atoms. The molecule has 0 saturated carbocycles. The lowest BCUT2D eigenvalue weighted by Crippen LogP contribution is -2.47. The number of fused-ring (bicyclic) bond motifs is 3. The van der Waals surface area contributed by atoms with E-state index in [4.69, 9.17) is 25.8 Å². The molecule has 7 nitrogen and oxygen atoms in total. The highest BCUT2D eigenvalue weighted by atomic mass is 35.5. The van der Waals surface area contributed by atoms with Crippen LogP contribution in [0.2, 0.25) is 5.02 Å². The molecule has 2 aliphatic carbocycles. The average Bonchev–Trinajstić information content (AvgIpc) is 3.16. The number of aromatic nitrogens is 1. The van der Waals surface area contributed by atoms with Crippen LogP contribution in [-0.2, 0) is 24.1 Å². The number of pyridine rings is 1. The van der Waals surface area contributed by atoms with E-state index in [0.717, 1.165) is 67.0 Å². The summed E-state index contributed by atoms with van der Waals surface area (Å²) < 4.78 is 18.9. The summed E-state index contributed by atoms with van der Waals surface area (Å²) in [5, 5.41) is 14.8. The number of benzene rings is 2. The second kappa shape index (κ2) is 14.1. The number of ether oxygens (including phenoxy) is 3. The fraction of sp³-hybridized carbons (Fsp3) is 0.526. The Hall–Kier alpha value is -3.45. The molecule has 5 atom stereocenters. The normalized spacial score (nSPS) is 25.0. The van der Waals surface area contributed by atoms with Crippen molar-refractivity contribution in [3.63, 3.8) is 0 Å². The maximum Gasteiger partial charge on any atom is 0.329 e. The van der Waals surface area contributed by atoms with Gasteiger partial charge >= 0.3 is 5.97 Å². The Morgan fingerprint density at radius 3 is 2.78 bits per heavy atom. The first kappa shape index (κ1) is 32.5. The number of aryl methyl sites for hydroxylation is 2. The van der Waals surface area contributed by atoms with Crippen LogP contribution in [0.1, 0.15) is 94.0 Å². The van der Waals surface area contributed by atoms with E-state index in [1.807, 2.05) is 24.4 Å². The quantitative estimate of drug-likeness (QED) is 0.253. The lowest BCUT2D eigenvalue weighted by atomic mass is 9.82. The lowest BCUT2D eigenvalue weighted by molar-refractivity contribution is -0.143. The molecule has 0 amide bonds. The van der Waals surface area contributed by atoms with Crippen LogP contribution in [0.3, 0.4) is 0 Å². The Balaban J connectivity index is 1.27. The summed E-state index contributed by atoms with van der Waals surface area (Å²) in [5.41, 5.74) is 4.37. The van der Waals surface area contributed by atoms with Crippen molar-refractivity contribution < 1.29 is 24.1 Å². The summed E-state index contributed by atoms with van der Waals surface area (Å²) in [6.45, 7) is 7.80. The summed E-state index contributed by atoms with van der Waals surface area (Å²) in [7, 11) is 0. The van der Waals surface area contributed by atoms with Crippen LogP contribution in [0.25, 0.3) is 0 Å². The van der Waals surface area contributed by atoms with E-state index >= 15 is 0 Å². The number of carbonyl (C=O) groups is 1. The van der Waals surface area contributed by atoms with Crippen LogP contribution in [0, 0.1) is 11.8 Å². The van der Waals surface area contributed by atoms with Gasteiger partial charge in [-0.2, -0.15) is 0 Å². The minimum atomic E-state index is -1.14. The van der Waals surface area contributed by atoms with E-state index in [2.05, 4.69) is 43.2 Å². The lowest BCUT2D eigenvalue weighted by Gasteiger charge is -2.33.